The smallest absolute Gasteiger partial charge is 0.0271 e. The van der Waals surface area contributed by atoms with Gasteiger partial charge >= 0.3 is 0 Å². The third-order valence-electron chi connectivity index (χ3n) is 2.46. The third kappa shape index (κ3) is 5.32. The van der Waals surface area contributed by atoms with E-state index in [2.05, 4.69) is 22.0 Å². The third-order valence-corrected chi connectivity index (χ3v) is 2.46. The topological polar surface area (TPSA) is 42.1 Å². The molecule has 0 saturated carbocycles. The van der Waals surface area contributed by atoms with E-state index in [4.69, 9.17) is 5.73 Å². The average Bonchev–Trinajstić information content (AvgIpc) is 2.53. The maximum Gasteiger partial charge on any atom is 0.0271 e. The van der Waals surface area contributed by atoms with Gasteiger partial charge in [0, 0.05) is 38.1 Å². The highest BCUT2D eigenvalue weighted by Crippen LogP contribution is 2.10. The molecule has 0 unspecified atom stereocenters. The van der Waals surface area contributed by atoms with Crippen LogP contribution in [0.3, 0.4) is 0 Å². The van der Waals surface area contributed by atoms with Crippen molar-refractivity contribution >= 4 is 37.2 Å². The van der Waals surface area contributed by atoms with Crippen molar-refractivity contribution in [2.24, 2.45) is 5.73 Å². The number of nitrogens with two attached hydrogens (primary N) is 1. The zero-order valence-electron chi connectivity index (χ0n) is 8.91. The summed E-state index contributed by atoms with van der Waals surface area (Å²) >= 11 is 0. The summed E-state index contributed by atoms with van der Waals surface area (Å²) < 4.78 is 0. The molecule has 0 aromatic carbocycles. The van der Waals surface area contributed by atoms with Gasteiger partial charge in [-0.3, -0.25) is 9.88 Å². The van der Waals surface area contributed by atoms with Gasteiger partial charge in [0.25, 0.3) is 0 Å². The Morgan fingerprint density at radius 2 is 1.88 bits per heavy atom. The molecule has 1 aliphatic heterocycles. The first kappa shape index (κ1) is 18.3. The second-order valence-electron chi connectivity index (χ2n) is 3.64. The van der Waals surface area contributed by atoms with E-state index < -0.39 is 0 Å². The van der Waals surface area contributed by atoms with Gasteiger partial charge in [0.2, 0.25) is 0 Å². The number of halogens is 3. The van der Waals surface area contributed by atoms with Crippen LogP contribution in [0.1, 0.15) is 12.0 Å². The van der Waals surface area contributed by atoms with Crippen LogP contribution in [0.4, 0.5) is 0 Å². The summed E-state index contributed by atoms with van der Waals surface area (Å²) in [5, 5.41) is 0. The summed E-state index contributed by atoms with van der Waals surface area (Å²) in [5.41, 5.74) is 7.15. The molecule has 2 rings (SSSR count). The number of hydrogen-bond donors (Lipinski definition) is 1. The first-order valence-corrected chi connectivity index (χ1v) is 4.71. The number of hydrogen-bond acceptors (Lipinski definition) is 3. The van der Waals surface area contributed by atoms with Gasteiger partial charge in [0.15, 0.2) is 0 Å². The molecule has 6 heteroatoms. The highest BCUT2D eigenvalue weighted by molar-refractivity contribution is 5.86. The standard InChI is InChI=1S/C10H15N3.3ClH/c11-10-3-6-13(8-10)7-9-1-4-12-5-2-9;;;/h1-2,4-5,10H,3,6-8,11H2;3*1H/t10-;;;/m0.../s1. The van der Waals surface area contributed by atoms with Gasteiger partial charge in [-0.25, -0.2) is 0 Å². The largest absolute Gasteiger partial charge is 0.326 e. The fraction of sp³-hybridized carbons (Fsp3) is 0.500. The van der Waals surface area contributed by atoms with E-state index in [0.717, 1.165) is 26.1 Å². The molecule has 0 spiro atoms. The molecule has 0 radical (unpaired) electrons. The van der Waals surface area contributed by atoms with Crippen LogP contribution in [-0.4, -0.2) is 29.0 Å². The zero-order chi connectivity index (χ0) is 9.10. The fourth-order valence-corrected chi connectivity index (χ4v) is 1.75. The van der Waals surface area contributed by atoms with Gasteiger partial charge in [-0.1, -0.05) is 0 Å². The summed E-state index contributed by atoms with van der Waals surface area (Å²) in [6.45, 7) is 3.17. The Balaban J connectivity index is 0. The average molecular weight is 287 g/mol. The summed E-state index contributed by atoms with van der Waals surface area (Å²) in [6.07, 6.45) is 4.81. The Labute approximate surface area is 115 Å². The molecule has 0 bridgehead atoms. The number of aromatic nitrogens is 1. The maximum atomic E-state index is 5.82. The lowest BCUT2D eigenvalue weighted by Crippen LogP contribution is -2.26. The van der Waals surface area contributed by atoms with Crippen LogP contribution in [0.2, 0.25) is 0 Å². The highest BCUT2D eigenvalue weighted by Gasteiger charge is 2.18. The van der Waals surface area contributed by atoms with Crippen LogP contribution in [0.5, 0.6) is 0 Å². The Morgan fingerprint density at radius 1 is 1.25 bits per heavy atom. The van der Waals surface area contributed by atoms with Crippen LogP contribution in [0.15, 0.2) is 24.5 Å². The maximum absolute atomic E-state index is 5.82. The molecule has 16 heavy (non-hydrogen) atoms. The van der Waals surface area contributed by atoms with Crippen LogP contribution in [0.25, 0.3) is 0 Å². The monoisotopic (exact) mass is 285 g/mol. The lowest BCUT2D eigenvalue weighted by molar-refractivity contribution is 0.327. The van der Waals surface area contributed by atoms with E-state index in [0.29, 0.717) is 6.04 Å². The van der Waals surface area contributed by atoms with Gasteiger partial charge in [0.05, 0.1) is 0 Å². The molecule has 2 heterocycles. The summed E-state index contributed by atoms with van der Waals surface area (Å²) in [4.78, 5) is 6.38. The predicted molar refractivity (Wildman–Crippen MR) is 73.9 cm³/mol. The van der Waals surface area contributed by atoms with Crippen molar-refractivity contribution in [3.05, 3.63) is 30.1 Å². The van der Waals surface area contributed by atoms with Crippen molar-refractivity contribution in [1.29, 1.82) is 0 Å². The molecule has 1 atom stereocenters. The summed E-state index contributed by atoms with van der Waals surface area (Å²) in [5.74, 6) is 0. The van der Waals surface area contributed by atoms with E-state index in [9.17, 15) is 0 Å². The van der Waals surface area contributed by atoms with Gasteiger partial charge in [0.1, 0.15) is 0 Å². The first-order chi connectivity index (χ1) is 6.34. The molecule has 1 fully saturated rings. The SMILES string of the molecule is Cl.Cl.Cl.N[C@H]1CCN(Cc2ccncc2)C1. The molecule has 3 nitrogen and oxygen atoms in total. The highest BCUT2D eigenvalue weighted by atomic mass is 35.5. The second-order valence-corrected chi connectivity index (χ2v) is 3.64. The van der Waals surface area contributed by atoms with Crippen LogP contribution in [0, 0.1) is 0 Å². The van der Waals surface area contributed by atoms with Crippen LogP contribution in [-0.2, 0) is 6.54 Å². The van der Waals surface area contributed by atoms with Crippen LogP contribution < -0.4 is 5.73 Å². The Hall–Kier alpha value is -0.0600. The van der Waals surface area contributed by atoms with Gasteiger partial charge in [-0.15, -0.1) is 37.2 Å². The van der Waals surface area contributed by atoms with Gasteiger partial charge < -0.3 is 5.73 Å². The predicted octanol–water partition coefficient (Wildman–Crippen LogP) is 1.88. The Morgan fingerprint density at radius 3 is 2.38 bits per heavy atom. The van der Waals surface area contributed by atoms with Crippen molar-refractivity contribution in [2.45, 2.75) is 19.0 Å². The van der Waals surface area contributed by atoms with Crippen molar-refractivity contribution in [2.75, 3.05) is 13.1 Å². The molecule has 1 aromatic rings. The molecule has 1 aromatic heterocycles. The minimum atomic E-state index is 0. The zero-order valence-corrected chi connectivity index (χ0v) is 11.4. The lowest BCUT2D eigenvalue weighted by Gasteiger charge is -2.14. The second kappa shape index (κ2) is 9.02. The molecule has 1 saturated heterocycles. The van der Waals surface area contributed by atoms with Crippen molar-refractivity contribution in [3.63, 3.8) is 0 Å². The van der Waals surface area contributed by atoms with E-state index >= 15 is 0 Å². The van der Waals surface area contributed by atoms with Crippen LogP contribution >= 0.6 is 37.2 Å². The quantitative estimate of drug-likeness (QED) is 0.903. The molecule has 0 aliphatic carbocycles. The van der Waals surface area contributed by atoms with E-state index in [1.807, 2.05) is 12.4 Å². The number of rotatable bonds is 2. The number of likely N-dealkylation sites (tertiary alicyclic amines) is 1. The van der Waals surface area contributed by atoms with E-state index in [1.165, 1.54) is 5.56 Å². The minimum absolute atomic E-state index is 0. The molecular formula is C10H18Cl3N3. The molecule has 2 N–H and O–H groups in total. The van der Waals surface area contributed by atoms with Crippen molar-refractivity contribution < 1.29 is 0 Å². The van der Waals surface area contributed by atoms with Gasteiger partial charge in [-0.05, 0) is 24.1 Å². The summed E-state index contributed by atoms with van der Waals surface area (Å²) in [6, 6.07) is 4.50. The molecular weight excluding hydrogens is 268 g/mol. The number of nitrogens with zero attached hydrogens (tertiary/aromatic N) is 2. The Kier molecular flexibility index (Phi) is 10.3. The van der Waals surface area contributed by atoms with Gasteiger partial charge in [-0.2, -0.15) is 0 Å². The molecule has 0 amide bonds. The van der Waals surface area contributed by atoms with Crippen molar-refractivity contribution in [3.8, 4) is 0 Å². The Bertz CT molecular complexity index is 271. The number of pyridine rings is 1. The summed E-state index contributed by atoms with van der Waals surface area (Å²) in [7, 11) is 0. The first-order valence-electron chi connectivity index (χ1n) is 4.71. The molecule has 1 aliphatic rings. The lowest BCUT2D eigenvalue weighted by atomic mass is 10.2. The van der Waals surface area contributed by atoms with E-state index in [-0.39, 0.29) is 37.2 Å². The minimum Gasteiger partial charge on any atom is -0.326 e. The van der Waals surface area contributed by atoms with Crippen molar-refractivity contribution in [1.82, 2.24) is 9.88 Å². The van der Waals surface area contributed by atoms with E-state index in [1.54, 1.807) is 0 Å². The molecule has 94 valence electrons. The fourth-order valence-electron chi connectivity index (χ4n) is 1.75. The normalized spacial score (nSPS) is 19.2.